The van der Waals surface area contributed by atoms with Gasteiger partial charge in [-0.3, -0.25) is 4.90 Å². The maximum Gasteiger partial charge on any atom is 0.401 e. The molecule has 2 N–H and O–H groups in total. The van der Waals surface area contributed by atoms with Crippen LogP contribution < -0.4 is 15.4 Å². The standard InChI is InChI=1S/C19H29F3N4O/c1-3-23-18(24-10-11-26(2)14-19(20,21)22)25-12-16-6-4-5-7-17(16)27-13-15-8-9-15/h4-7,15H,3,8-14H2,1-2H3,(H2,23,24,25). The van der Waals surface area contributed by atoms with E-state index in [4.69, 9.17) is 4.74 Å². The van der Waals surface area contributed by atoms with Crippen LogP contribution in [-0.4, -0.2) is 56.9 Å². The third-order valence-electron chi connectivity index (χ3n) is 4.13. The van der Waals surface area contributed by atoms with Gasteiger partial charge >= 0.3 is 6.18 Å². The Labute approximate surface area is 159 Å². The Morgan fingerprint density at radius 3 is 2.67 bits per heavy atom. The van der Waals surface area contributed by atoms with Crippen LogP contribution in [0.2, 0.25) is 0 Å². The second kappa shape index (κ2) is 10.4. The average molecular weight is 386 g/mol. The fraction of sp³-hybridized carbons (Fsp3) is 0.632. The molecule has 0 heterocycles. The molecule has 0 aromatic heterocycles. The van der Waals surface area contributed by atoms with E-state index in [1.165, 1.54) is 24.8 Å². The third kappa shape index (κ3) is 8.99. The number of alkyl halides is 3. The number of aliphatic imine (C=N–C) groups is 1. The van der Waals surface area contributed by atoms with Crippen molar-refractivity contribution in [3.63, 3.8) is 0 Å². The Balaban J connectivity index is 1.85. The van der Waals surface area contributed by atoms with Gasteiger partial charge in [-0.05, 0) is 38.8 Å². The van der Waals surface area contributed by atoms with Gasteiger partial charge in [0.25, 0.3) is 0 Å². The maximum atomic E-state index is 12.4. The zero-order valence-electron chi connectivity index (χ0n) is 16.0. The largest absolute Gasteiger partial charge is 0.493 e. The zero-order valence-corrected chi connectivity index (χ0v) is 16.0. The van der Waals surface area contributed by atoms with Gasteiger partial charge in [0.2, 0.25) is 0 Å². The second-order valence-electron chi connectivity index (χ2n) is 6.84. The molecule has 0 radical (unpaired) electrons. The summed E-state index contributed by atoms with van der Waals surface area (Å²) >= 11 is 0. The lowest BCUT2D eigenvalue weighted by Gasteiger charge is -2.19. The lowest BCUT2D eigenvalue weighted by molar-refractivity contribution is -0.142. The maximum absolute atomic E-state index is 12.4. The number of guanidine groups is 1. The van der Waals surface area contributed by atoms with Crippen LogP contribution in [-0.2, 0) is 6.54 Å². The molecule has 8 heteroatoms. The Hall–Kier alpha value is -1.96. The monoisotopic (exact) mass is 386 g/mol. The van der Waals surface area contributed by atoms with Crippen molar-refractivity contribution in [2.75, 3.05) is 39.8 Å². The molecule has 1 saturated carbocycles. The van der Waals surface area contributed by atoms with Gasteiger partial charge in [0.05, 0.1) is 19.7 Å². The molecular formula is C19H29F3N4O. The number of halogens is 3. The fourth-order valence-corrected chi connectivity index (χ4v) is 2.52. The van der Waals surface area contributed by atoms with Crippen LogP contribution in [0.4, 0.5) is 13.2 Å². The van der Waals surface area contributed by atoms with E-state index in [-0.39, 0.29) is 6.54 Å². The van der Waals surface area contributed by atoms with Crippen LogP contribution >= 0.6 is 0 Å². The number of ether oxygens (including phenoxy) is 1. The summed E-state index contributed by atoms with van der Waals surface area (Å²) in [6.45, 7) is 3.51. The number of nitrogens with zero attached hydrogens (tertiary/aromatic N) is 2. The molecule has 0 spiro atoms. The van der Waals surface area contributed by atoms with Gasteiger partial charge in [0, 0.05) is 25.2 Å². The van der Waals surface area contributed by atoms with Gasteiger partial charge in [-0.2, -0.15) is 13.2 Å². The van der Waals surface area contributed by atoms with Crippen molar-refractivity contribution < 1.29 is 17.9 Å². The Morgan fingerprint density at radius 1 is 1.26 bits per heavy atom. The van der Waals surface area contributed by atoms with Gasteiger partial charge in [0.1, 0.15) is 5.75 Å². The van der Waals surface area contributed by atoms with Crippen molar-refractivity contribution >= 4 is 5.96 Å². The summed E-state index contributed by atoms with van der Waals surface area (Å²) in [7, 11) is 1.45. The highest BCUT2D eigenvalue weighted by molar-refractivity contribution is 5.79. The molecular weight excluding hydrogens is 357 g/mol. The van der Waals surface area contributed by atoms with E-state index in [1.54, 1.807) is 0 Å². The first-order valence-corrected chi connectivity index (χ1v) is 9.35. The predicted octanol–water partition coefficient (Wildman–Crippen LogP) is 3.02. The summed E-state index contributed by atoms with van der Waals surface area (Å²) in [4.78, 5) is 5.77. The van der Waals surface area contributed by atoms with Crippen LogP contribution in [0.25, 0.3) is 0 Å². The van der Waals surface area contributed by atoms with Gasteiger partial charge in [-0.1, -0.05) is 18.2 Å². The molecule has 1 fully saturated rings. The molecule has 5 nitrogen and oxygen atoms in total. The third-order valence-corrected chi connectivity index (χ3v) is 4.13. The fourth-order valence-electron chi connectivity index (χ4n) is 2.52. The molecule has 1 aromatic rings. The number of rotatable bonds is 10. The highest BCUT2D eigenvalue weighted by Gasteiger charge is 2.28. The van der Waals surface area contributed by atoms with E-state index in [1.807, 2.05) is 31.2 Å². The van der Waals surface area contributed by atoms with E-state index in [2.05, 4.69) is 15.6 Å². The summed E-state index contributed by atoms with van der Waals surface area (Å²) in [5.74, 6) is 2.10. The zero-order chi connectivity index (χ0) is 19.7. The van der Waals surface area contributed by atoms with E-state index < -0.39 is 12.7 Å². The minimum Gasteiger partial charge on any atom is -0.493 e. The molecule has 1 aliphatic rings. The topological polar surface area (TPSA) is 48.9 Å². The van der Waals surface area contributed by atoms with E-state index in [9.17, 15) is 13.2 Å². The van der Waals surface area contributed by atoms with Gasteiger partial charge in [-0.25, -0.2) is 4.99 Å². The first-order valence-electron chi connectivity index (χ1n) is 9.35. The van der Waals surface area contributed by atoms with Crippen molar-refractivity contribution in [3.05, 3.63) is 29.8 Å². The van der Waals surface area contributed by atoms with Crippen molar-refractivity contribution in [2.24, 2.45) is 10.9 Å². The molecule has 0 aliphatic heterocycles. The normalized spacial score (nSPS) is 15.1. The Kier molecular flexibility index (Phi) is 8.22. The Bertz CT molecular complexity index is 603. The minimum absolute atomic E-state index is 0.269. The van der Waals surface area contributed by atoms with Crippen molar-refractivity contribution in [3.8, 4) is 5.75 Å². The van der Waals surface area contributed by atoms with E-state index >= 15 is 0 Å². The SMILES string of the molecule is CCNC(=NCc1ccccc1OCC1CC1)NCCN(C)CC(F)(F)F. The second-order valence-corrected chi connectivity index (χ2v) is 6.84. The van der Waals surface area contributed by atoms with Crippen LogP contribution in [0.3, 0.4) is 0 Å². The van der Waals surface area contributed by atoms with Crippen molar-refractivity contribution in [1.82, 2.24) is 15.5 Å². The van der Waals surface area contributed by atoms with Crippen LogP contribution in [0.1, 0.15) is 25.3 Å². The molecule has 2 rings (SSSR count). The first-order chi connectivity index (χ1) is 12.9. The van der Waals surface area contributed by atoms with Crippen LogP contribution in [0.15, 0.2) is 29.3 Å². The number of nitrogens with one attached hydrogen (secondary N) is 2. The summed E-state index contributed by atoms with van der Waals surface area (Å²) in [6.07, 6.45) is -1.72. The highest BCUT2D eigenvalue weighted by atomic mass is 19.4. The van der Waals surface area contributed by atoms with Gasteiger partial charge < -0.3 is 15.4 Å². The van der Waals surface area contributed by atoms with Gasteiger partial charge in [-0.15, -0.1) is 0 Å². The summed E-state index contributed by atoms with van der Waals surface area (Å²) in [5, 5.41) is 6.19. The molecule has 0 saturated heterocycles. The minimum atomic E-state index is -4.18. The molecule has 0 amide bonds. The molecule has 0 bridgehead atoms. The number of benzene rings is 1. The summed E-state index contributed by atoms with van der Waals surface area (Å²) < 4.78 is 43.0. The molecule has 152 valence electrons. The highest BCUT2D eigenvalue weighted by Crippen LogP contribution is 2.30. The molecule has 0 atom stereocenters. The van der Waals surface area contributed by atoms with Gasteiger partial charge in [0.15, 0.2) is 5.96 Å². The molecule has 0 unspecified atom stereocenters. The number of para-hydroxylation sites is 1. The lowest BCUT2D eigenvalue weighted by atomic mass is 10.2. The summed E-state index contributed by atoms with van der Waals surface area (Å²) in [5.41, 5.74) is 0.990. The molecule has 1 aliphatic carbocycles. The number of hydrogen-bond donors (Lipinski definition) is 2. The number of hydrogen-bond acceptors (Lipinski definition) is 3. The lowest BCUT2D eigenvalue weighted by Crippen LogP contribution is -2.42. The Morgan fingerprint density at radius 2 is 2.00 bits per heavy atom. The van der Waals surface area contributed by atoms with E-state index in [0.29, 0.717) is 31.5 Å². The molecule has 1 aromatic carbocycles. The first kappa shape index (κ1) is 21.3. The van der Waals surface area contributed by atoms with Crippen molar-refractivity contribution in [1.29, 1.82) is 0 Å². The predicted molar refractivity (Wildman–Crippen MR) is 101 cm³/mol. The van der Waals surface area contributed by atoms with Crippen molar-refractivity contribution in [2.45, 2.75) is 32.5 Å². The molecule has 27 heavy (non-hydrogen) atoms. The quantitative estimate of drug-likeness (QED) is 0.479. The van der Waals surface area contributed by atoms with E-state index in [0.717, 1.165) is 17.9 Å². The smallest absolute Gasteiger partial charge is 0.401 e. The van der Waals surface area contributed by atoms with Crippen LogP contribution in [0.5, 0.6) is 5.75 Å². The average Bonchev–Trinajstić information content (AvgIpc) is 3.41. The number of likely N-dealkylation sites (N-methyl/N-ethyl adjacent to an activating group) is 1. The van der Waals surface area contributed by atoms with Crippen LogP contribution in [0, 0.1) is 5.92 Å². The summed E-state index contributed by atoms with van der Waals surface area (Å²) in [6, 6.07) is 7.81.